The molecule has 0 aliphatic rings. The van der Waals surface area contributed by atoms with E-state index in [1.165, 1.54) is 17.2 Å². The molecule has 0 fully saturated rings. The Balaban J connectivity index is 1.97. The zero-order valence-electron chi connectivity index (χ0n) is 11.9. The van der Waals surface area contributed by atoms with Crippen molar-refractivity contribution in [1.82, 2.24) is 5.32 Å². The van der Waals surface area contributed by atoms with Crippen LogP contribution >= 0.6 is 0 Å². The van der Waals surface area contributed by atoms with Crippen LogP contribution in [0.5, 0.6) is 0 Å². The average Bonchev–Trinajstić information content (AvgIpc) is 2.45. The molecular formula is C17H20FNO. The molecule has 2 aromatic carbocycles. The van der Waals surface area contributed by atoms with Gasteiger partial charge in [0.25, 0.3) is 0 Å². The lowest BCUT2D eigenvalue weighted by Crippen LogP contribution is -2.15. The highest BCUT2D eigenvalue weighted by Crippen LogP contribution is 2.12. The highest BCUT2D eigenvalue weighted by atomic mass is 19.1. The highest BCUT2D eigenvalue weighted by Gasteiger charge is 2.03. The quantitative estimate of drug-likeness (QED) is 0.868. The first-order chi connectivity index (χ1) is 9.70. The lowest BCUT2D eigenvalue weighted by molar-refractivity contribution is 0.184. The summed E-state index contributed by atoms with van der Waals surface area (Å²) in [5.74, 6) is -0.188. The highest BCUT2D eigenvalue weighted by molar-refractivity contribution is 5.28. The fraction of sp³-hybridized carbons (Fsp3) is 0.294. The summed E-state index contributed by atoms with van der Waals surface area (Å²) in [6.07, 6.45) is 0. The number of nitrogens with one attached hydrogen (secondary N) is 1. The van der Waals surface area contributed by atoms with Crippen LogP contribution in [0.15, 0.2) is 42.5 Å². The van der Waals surface area contributed by atoms with Gasteiger partial charge < -0.3 is 10.1 Å². The summed E-state index contributed by atoms with van der Waals surface area (Å²) in [5, 5.41) is 3.36. The second-order valence-corrected chi connectivity index (χ2v) is 4.88. The minimum atomic E-state index is -0.188. The topological polar surface area (TPSA) is 21.3 Å². The number of methoxy groups -OCH3 is 1. The minimum absolute atomic E-state index is 0.188. The van der Waals surface area contributed by atoms with Crippen molar-refractivity contribution in [3.05, 3.63) is 70.5 Å². The van der Waals surface area contributed by atoms with Crippen LogP contribution in [-0.2, 0) is 24.4 Å². The Hall–Kier alpha value is -1.71. The van der Waals surface area contributed by atoms with Gasteiger partial charge in [-0.3, -0.25) is 0 Å². The third-order valence-corrected chi connectivity index (χ3v) is 3.36. The fourth-order valence-electron chi connectivity index (χ4n) is 2.19. The van der Waals surface area contributed by atoms with E-state index in [4.69, 9.17) is 4.74 Å². The molecule has 0 bridgehead atoms. The summed E-state index contributed by atoms with van der Waals surface area (Å²) in [4.78, 5) is 0. The second kappa shape index (κ2) is 7.17. The molecule has 2 nitrogen and oxygen atoms in total. The molecule has 106 valence electrons. The normalized spacial score (nSPS) is 10.8. The van der Waals surface area contributed by atoms with Crippen molar-refractivity contribution >= 4 is 0 Å². The smallest absolute Gasteiger partial charge is 0.123 e. The van der Waals surface area contributed by atoms with Gasteiger partial charge in [-0.25, -0.2) is 4.39 Å². The molecule has 0 saturated carbocycles. The van der Waals surface area contributed by atoms with E-state index in [0.717, 1.165) is 17.7 Å². The van der Waals surface area contributed by atoms with E-state index in [1.54, 1.807) is 13.2 Å². The molecule has 20 heavy (non-hydrogen) atoms. The Labute approximate surface area is 119 Å². The monoisotopic (exact) mass is 273 g/mol. The molecule has 0 saturated heterocycles. The summed E-state index contributed by atoms with van der Waals surface area (Å²) in [6, 6.07) is 13.1. The van der Waals surface area contributed by atoms with Crippen LogP contribution in [0.1, 0.15) is 22.3 Å². The van der Waals surface area contributed by atoms with E-state index in [0.29, 0.717) is 13.2 Å². The first-order valence-corrected chi connectivity index (χ1v) is 6.72. The predicted molar refractivity (Wildman–Crippen MR) is 78.8 cm³/mol. The van der Waals surface area contributed by atoms with Crippen molar-refractivity contribution in [3.63, 3.8) is 0 Å². The molecular weight excluding hydrogens is 253 g/mol. The molecule has 0 radical (unpaired) electrons. The standard InChI is InChI=1S/C17H20FNO/c1-13-7-8-17(18)9-16(13)11-19-10-14-5-3-4-6-15(14)12-20-2/h3-9,19H,10-12H2,1-2H3. The SMILES string of the molecule is COCc1ccccc1CNCc1cc(F)ccc1C. The molecule has 0 spiro atoms. The van der Waals surface area contributed by atoms with E-state index in [2.05, 4.69) is 17.4 Å². The number of benzene rings is 2. The predicted octanol–water partition coefficient (Wildman–Crippen LogP) is 3.57. The molecule has 3 heteroatoms. The van der Waals surface area contributed by atoms with E-state index in [9.17, 15) is 4.39 Å². The van der Waals surface area contributed by atoms with Gasteiger partial charge in [-0.15, -0.1) is 0 Å². The molecule has 2 rings (SSSR count). The third kappa shape index (κ3) is 3.89. The van der Waals surface area contributed by atoms with Gasteiger partial charge in [-0.05, 0) is 41.3 Å². The molecule has 0 aliphatic carbocycles. The summed E-state index contributed by atoms with van der Waals surface area (Å²) in [6.45, 7) is 4.01. The van der Waals surface area contributed by atoms with Gasteiger partial charge in [0.2, 0.25) is 0 Å². The van der Waals surface area contributed by atoms with Gasteiger partial charge in [-0.1, -0.05) is 30.3 Å². The number of rotatable bonds is 6. The maximum absolute atomic E-state index is 13.2. The Kier molecular flexibility index (Phi) is 5.27. The second-order valence-electron chi connectivity index (χ2n) is 4.88. The van der Waals surface area contributed by atoms with Gasteiger partial charge in [-0.2, -0.15) is 0 Å². The van der Waals surface area contributed by atoms with Crippen molar-refractivity contribution in [1.29, 1.82) is 0 Å². The van der Waals surface area contributed by atoms with Crippen molar-refractivity contribution in [2.24, 2.45) is 0 Å². The first kappa shape index (κ1) is 14.7. The maximum atomic E-state index is 13.2. The maximum Gasteiger partial charge on any atom is 0.123 e. The lowest BCUT2D eigenvalue weighted by Gasteiger charge is -2.11. The Bertz CT molecular complexity index is 569. The number of hydrogen-bond donors (Lipinski definition) is 1. The summed E-state index contributed by atoms with van der Waals surface area (Å²) in [5.41, 5.74) is 4.49. The molecule has 2 aromatic rings. The van der Waals surface area contributed by atoms with Gasteiger partial charge in [0, 0.05) is 20.2 Å². The van der Waals surface area contributed by atoms with Gasteiger partial charge in [0.15, 0.2) is 0 Å². The number of hydrogen-bond acceptors (Lipinski definition) is 2. The van der Waals surface area contributed by atoms with E-state index < -0.39 is 0 Å². The Morgan fingerprint density at radius 3 is 2.45 bits per heavy atom. The van der Waals surface area contributed by atoms with Crippen molar-refractivity contribution in [2.45, 2.75) is 26.6 Å². The van der Waals surface area contributed by atoms with E-state index >= 15 is 0 Å². The van der Waals surface area contributed by atoms with E-state index in [1.807, 2.05) is 25.1 Å². The van der Waals surface area contributed by atoms with Crippen molar-refractivity contribution in [2.75, 3.05) is 7.11 Å². The average molecular weight is 273 g/mol. The van der Waals surface area contributed by atoms with Crippen LogP contribution in [0, 0.1) is 12.7 Å². The summed E-state index contributed by atoms with van der Waals surface area (Å²) >= 11 is 0. The molecule has 0 heterocycles. The van der Waals surface area contributed by atoms with E-state index in [-0.39, 0.29) is 5.82 Å². The van der Waals surface area contributed by atoms with Crippen LogP contribution in [0.25, 0.3) is 0 Å². The van der Waals surface area contributed by atoms with Crippen LogP contribution in [-0.4, -0.2) is 7.11 Å². The molecule has 0 atom stereocenters. The first-order valence-electron chi connectivity index (χ1n) is 6.72. The Morgan fingerprint density at radius 2 is 1.70 bits per heavy atom. The largest absolute Gasteiger partial charge is 0.380 e. The Morgan fingerprint density at radius 1 is 1.00 bits per heavy atom. The third-order valence-electron chi connectivity index (χ3n) is 3.36. The van der Waals surface area contributed by atoms with Gasteiger partial charge >= 0.3 is 0 Å². The van der Waals surface area contributed by atoms with Crippen LogP contribution in [0.3, 0.4) is 0 Å². The summed E-state index contributed by atoms with van der Waals surface area (Å²) in [7, 11) is 1.69. The van der Waals surface area contributed by atoms with Crippen molar-refractivity contribution in [3.8, 4) is 0 Å². The minimum Gasteiger partial charge on any atom is -0.380 e. The van der Waals surface area contributed by atoms with Crippen molar-refractivity contribution < 1.29 is 9.13 Å². The number of ether oxygens (including phenoxy) is 1. The molecule has 0 aromatic heterocycles. The van der Waals surface area contributed by atoms with Crippen LogP contribution in [0.2, 0.25) is 0 Å². The molecule has 0 unspecified atom stereocenters. The zero-order valence-corrected chi connectivity index (χ0v) is 11.9. The van der Waals surface area contributed by atoms with Crippen LogP contribution < -0.4 is 5.32 Å². The summed E-state index contributed by atoms with van der Waals surface area (Å²) < 4.78 is 18.4. The van der Waals surface area contributed by atoms with Gasteiger partial charge in [0.05, 0.1) is 6.61 Å². The number of halogens is 1. The fourth-order valence-corrected chi connectivity index (χ4v) is 2.19. The van der Waals surface area contributed by atoms with Crippen LogP contribution in [0.4, 0.5) is 4.39 Å². The lowest BCUT2D eigenvalue weighted by atomic mass is 10.1. The zero-order chi connectivity index (χ0) is 14.4. The van der Waals surface area contributed by atoms with Gasteiger partial charge in [0.1, 0.15) is 5.82 Å². The molecule has 0 amide bonds. The number of aryl methyl sites for hydroxylation is 1. The molecule has 1 N–H and O–H groups in total. The molecule has 0 aliphatic heterocycles.